The van der Waals surface area contributed by atoms with E-state index in [9.17, 15) is 24.3 Å². The van der Waals surface area contributed by atoms with E-state index in [2.05, 4.69) is 74.7 Å². The molecule has 1 aromatic heterocycles. The molecule has 1 spiro atoms. The minimum Gasteiger partial charge on any atom is -0.508 e. The number of phenols is 1. The highest BCUT2D eigenvalue weighted by Crippen LogP contribution is 2.48. The number of aromatic hydroxyl groups is 1. The number of aryl methyl sites for hydroxylation is 1. The first-order chi connectivity index (χ1) is 30.7. The van der Waals surface area contributed by atoms with Gasteiger partial charge in [-0.25, -0.2) is 4.98 Å². The van der Waals surface area contributed by atoms with E-state index in [0.717, 1.165) is 81.8 Å². The van der Waals surface area contributed by atoms with Crippen molar-refractivity contribution in [1.82, 2.24) is 25.0 Å². The number of rotatable bonds is 6. The number of imide groups is 1. The molecule has 4 fully saturated rings. The number of hydrogen-bond donors (Lipinski definition) is 2. The van der Waals surface area contributed by atoms with E-state index in [-0.39, 0.29) is 36.1 Å². The van der Waals surface area contributed by atoms with Gasteiger partial charge in [-0.15, -0.1) is 0 Å². The highest BCUT2D eigenvalue weighted by atomic mass is 16.5. The van der Waals surface area contributed by atoms with E-state index in [4.69, 9.17) is 9.72 Å². The van der Waals surface area contributed by atoms with Gasteiger partial charge >= 0.3 is 0 Å². The third kappa shape index (κ3) is 7.37. The Bertz CT molecular complexity index is 2440. The summed E-state index contributed by atoms with van der Waals surface area (Å²) in [6.45, 7) is 6.91. The molecule has 4 aromatic rings. The van der Waals surface area contributed by atoms with E-state index in [1.807, 2.05) is 23.1 Å². The van der Waals surface area contributed by atoms with Crippen molar-refractivity contribution in [2.75, 3.05) is 68.8 Å². The zero-order valence-corrected chi connectivity index (χ0v) is 35.7. The lowest BCUT2D eigenvalue weighted by atomic mass is 9.69. The minimum atomic E-state index is -0.659. The molecule has 0 saturated carbocycles. The normalized spacial score (nSPS) is 25.5. The van der Waals surface area contributed by atoms with Crippen LogP contribution in [0.25, 0.3) is 0 Å². The van der Waals surface area contributed by atoms with Crippen LogP contribution >= 0.6 is 0 Å². The smallest absolute Gasteiger partial charge is 0.255 e. The molecule has 4 amide bonds. The van der Waals surface area contributed by atoms with Gasteiger partial charge in [-0.1, -0.05) is 42.5 Å². The third-order valence-electron chi connectivity index (χ3n) is 15.5. The lowest BCUT2D eigenvalue weighted by Gasteiger charge is -2.48. The maximum atomic E-state index is 13.8. The Morgan fingerprint density at radius 3 is 2.41 bits per heavy atom. The molecule has 11 rings (SSSR count). The number of benzene rings is 3. The van der Waals surface area contributed by atoms with Crippen LogP contribution in [0.4, 0.5) is 11.5 Å². The Labute approximate surface area is 368 Å². The standard InChI is InChI=1S/C50H55N7O6/c58-37-8-10-39-33(24-37)6-9-38(32-4-2-1-3-5-32)47(39)34-7-12-44(51-27-34)54-20-16-50(17-21-54)14-18-53(19-15-50)30-46(60)55-22-23-56-36(29-55)31-63-43-26-40-35(25-42(43)56)28-57(49(40)62)41-11-13-45(59)52-48(41)61/h1-5,7-8,10,12,24-27,36,38,41,47,58H,6,9,11,13-23,28-31H2,(H,52,59,61)/t36-,38+,41?,47-/m0/s1. The number of ether oxygens (including phenoxy) is 1. The van der Waals surface area contributed by atoms with Gasteiger partial charge in [0.25, 0.3) is 5.91 Å². The number of hydrogen-bond acceptors (Lipinski definition) is 10. The summed E-state index contributed by atoms with van der Waals surface area (Å²) in [6.07, 6.45) is 9.08. The second kappa shape index (κ2) is 16.0. The van der Waals surface area contributed by atoms with Gasteiger partial charge in [0, 0.05) is 63.4 Å². The Hall–Kier alpha value is -5.95. The number of fused-ring (bicyclic) bond motifs is 5. The molecule has 1 aliphatic carbocycles. The highest BCUT2D eigenvalue weighted by Gasteiger charge is 2.43. The predicted octanol–water partition coefficient (Wildman–Crippen LogP) is 5.20. The maximum Gasteiger partial charge on any atom is 0.255 e. The van der Waals surface area contributed by atoms with Gasteiger partial charge in [-0.05, 0) is 128 Å². The average molecular weight is 850 g/mol. The Balaban J connectivity index is 0.672. The highest BCUT2D eigenvalue weighted by molar-refractivity contribution is 6.06. The van der Waals surface area contributed by atoms with Crippen LogP contribution in [0.1, 0.15) is 95.0 Å². The van der Waals surface area contributed by atoms with Crippen molar-refractivity contribution in [3.8, 4) is 11.5 Å². The van der Waals surface area contributed by atoms with Gasteiger partial charge in [0.15, 0.2) is 0 Å². The summed E-state index contributed by atoms with van der Waals surface area (Å²) in [5.74, 6) is 1.80. The number of pyridine rings is 1. The molecule has 1 unspecified atom stereocenters. The fraction of sp³-hybridized carbons (Fsp3) is 0.460. The van der Waals surface area contributed by atoms with Crippen LogP contribution in [0.2, 0.25) is 0 Å². The zero-order chi connectivity index (χ0) is 42.8. The number of carbonyl (C=O) groups is 4. The number of nitrogens with zero attached hydrogens (tertiary/aromatic N) is 6. The second-order valence-electron chi connectivity index (χ2n) is 19.0. The van der Waals surface area contributed by atoms with Gasteiger partial charge in [-0.2, -0.15) is 0 Å². The number of aromatic nitrogens is 1. The van der Waals surface area contributed by atoms with Gasteiger partial charge in [0.1, 0.15) is 30.0 Å². The molecule has 3 aromatic carbocycles. The summed E-state index contributed by atoms with van der Waals surface area (Å²) < 4.78 is 6.23. The number of nitrogens with one attached hydrogen (secondary N) is 1. The van der Waals surface area contributed by atoms with E-state index < -0.39 is 11.9 Å². The van der Waals surface area contributed by atoms with Crippen LogP contribution in [0.3, 0.4) is 0 Å². The minimum absolute atomic E-state index is 0.0164. The number of anilines is 2. The first kappa shape index (κ1) is 39.9. The molecule has 13 nitrogen and oxygen atoms in total. The van der Waals surface area contributed by atoms with Crippen LogP contribution in [-0.2, 0) is 27.3 Å². The first-order valence-corrected chi connectivity index (χ1v) is 23.0. The largest absolute Gasteiger partial charge is 0.508 e. The molecule has 0 radical (unpaired) electrons. The summed E-state index contributed by atoms with van der Waals surface area (Å²) in [5, 5.41) is 12.6. The van der Waals surface area contributed by atoms with E-state index >= 15 is 0 Å². The number of carbonyl (C=O) groups excluding carboxylic acids is 4. The summed E-state index contributed by atoms with van der Waals surface area (Å²) in [7, 11) is 0. The third-order valence-corrected chi connectivity index (χ3v) is 15.5. The quantitative estimate of drug-likeness (QED) is 0.249. The molecule has 63 heavy (non-hydrogen) atoms. The van der Waals surface area contributed by atoms with Gasteiger partial charge in [0.05, 0.1) is 18.3 Å². The zero-order valence-electron chi connectivity index (χ0n) is 35.7. The maximum absolute atomic E-state index is 13.8. The molecular weight excluding hydrogens is 795 g/mol. The Morgan fingerprint density at radius 1 is 0.825 bits per heavy atom. The molecule has 7 heterocycles. The average Bonchev–Trinajstić information content (AvgIpc) is 3.63. The number of piperazine rings is 1. The molecular formula is C50H55N7O6. The van der Waals surface area contributed by atoms with Crippen molar-refractivity contribution >= 4 is 35.1 Å². The van der Waals surface area contributed by atoms with Gasteiger partial charge in [0.2, 0.25) is 17.7 Å². The lowest BCUT2D eigenvalue weighted by Crippen LogP contribution is -2.59. The van der Waals surface area contributed by atoms with E-state index in [0.29, 0.717) is 74.1 Å². The fourth-order valence-electron chi connectivity index (χ4n) is 11.9. The van der Waals surface area contributed by atoms with Gasteiger partial charge in [-0.3, -0.25) is 29.4 Å². The summed E-state index contributed by atoms with van der Waals surface area (Å²) in [4.78, 5) is 67.2. The SMILES string of the molecule is O=C1CCC(N2Cc3cc4c(cc3C2=O)OC[C@@H]2CN(C(=O)CN3CCC5(CC3)CCN(c3ccc([C@@H]6c7ccc(O)cc7CC[C@@H]6c6ccccc6)cn3)CC5)CCN42)C(=O)N1. The van der Waals surface area contributed by atoms with Crippen molar-refractivity contribution in [3.63, 3.8) is 0 Å². The van der Waals surface area contributed by atoms with Crippen molar-refractivity contribution in [3.05, 3.63) is 112 Å². The van der Waals surface area contributed by atoms with Crippen molar-refractivity contribution < 1.29 is 29.0 Å². The topological polar surface area (TPSA) is 139 Å². The second-order valence-corrected chi connectivity index (χ2v) is 19.0. The van der Waals surface area contributed by atoms with Crippen LogP contribution in [0.5, 0.6) is 11.5 Å². The number of phenolic OH excluding ortho intramolecular Hbond substituents is 1. The van der Waals surface area contributed by atoms with Crippen molar-refractivity contribution in [2.24, 2.45) is 5.41 Å². The van der Waals surface area contributed by atoms with Gasteiger partial charge < -0.3 is 29.4 Å². The molecule has 7 aliphatic rings. The van der Waals surface area contributed by atoms with E-state index in [1.165, 1.54) is 22.3 Å². The van der Waals surface area contributed by atoms with Crippen LogP contribution in [0, 0.1) is 5.41 Å². The molecule has 0 bridgehead atoms. The predicted molar refractivity (Wildman–Crippen MR) is 237 cm³/mol. The molecule has 326 valence electrons. The van der Waals surface area contributed by atoms with Crippen LogP contribution in [0.15, 0.2) is 79.0 Å². The molecule has 6 aliphatic heterocycles. The Morgan fingerprint density at radius 2 is 1.63 bits per heavy atom. The molecule has 4 saturated heterocycles. The number of likely N-dealkylation sites (tertiary alicyclic amines) is 1. The molecule has 13 heteroatoms. The first-order valence-electron chi connectivity index (χ1n) is 23.0. The van der Waals surface area contributed by atoms with Crippen molar-refractivity contribution in [1.29, 1.82) is 0 Å². The summed E-state index contributed by atoms with van der Waals surface area (Å²) in [5.41, 5.74) is 7.72. The monoisotopic (exact) mass is 849 g/mol. The van der Waals surface area contributed by atoms with Crippen LogP contribution < -0.4 is 19.9 Å². The molecule has 2 N–H and O–H groups in total. The Kier molecular flexibility index (Phi) is 10.1. The lowest BCUT2D eigenvalue weighted by molar-refractivity contribution is -0.137. The van der Waals surface area contributed by atoms with E-state index in [1.54, 1.807) is 11.0 Å². The summed E-state index contributed by atoms with van der Waals surface area (Å²) >= 11 is 0. The van der Waals surface area contributed by atoms with Crippen molar-refractivity contribution in [2.45, 2.75) is 81.8 Å². The number of piperidine rings is 3. The molecule has 4 atom stereocenters. The fourth-order valence-corrected chi connectivity index (χ4v) is 11.9. The summed E-state index contributed by atoms with van der Waals surface area (Å²) in [6, 6.07) is 24.3. The van der Waals surface area contributed by atoms with Crippen LogP contribution in [-0.4, -0.2) is 119 Å². The number of amides is 4.